The van der Waals surface area contributed by atoms with Gasteiger partial charge in [0, 0.05) is 37.7 Å². The van der Waals surface area contributed by atoms with Gasteiger partial charge in [-0.1, -0.05) is 0 Å². The van der Waals surface area contributed by atoms with E-state index in [0.717, 1.165) is 18.9 Å². The first-order valence-electron chi connectivity index (χ1n) is 7.00. The summed E-state index contributed by atoms with van der Waals surface area (Å²) in [6.45, 7) is 0.958. The molecule has 1 aromatic heterocycles. The van der Waals surface area contributed by atoms with E-state index in [2.05, 4.69) is 10.3 Å². The van der Waals surface area contributed by atoms with Crippen molar-refractivity contribution in [1.82, 2.24) is 9.88 Å². The first-order chi connectivity index (χ1) is 9.95. The molecular formula is C14H16F3N3O. The van der Waals surface area contributed by atoms with Crippen molar-refractivity contribution in [3.63, 3.8) is 0 Å². The number of carbonyl (C=O) groups excluding carboxylic acids is 1. The van der Waals surface area contributed by atoms with Crippen molar-refractivity contribution in [2.45, 2.75) is 31.5 Å². The molecule has 7 heteroatoms. The number of hydrogen-bond acceptors (Lipinski definition) is 3. The number of pyridine rings is 1. The molecule has 0 bridgehead atoms. The normalized spacial score (nSPS) is 22.7. The minimum absolute atomic E-state index is 0.0428. The van der Waals surface area contributed by atoms with Crippen molar-refractivity contribution >= 4 is 11.7 Å². The topological polar surface area (TPSA) is 45.2 Å². The fourth-order valence-electron chi connectivity index (χ4n) is 2.70. The van der Waals surface area contributed by atoms with Gasteiger partial charge in [-0.05, 0) is 25.0 Å². The molecule has 0 radical (unpaired) electrons. The average Bonchev–Trinajstić information content (AvgIpc) is 3.20. The lowest BCUT2D eigenvalue weighted by molar-refractivity contribution is -0.137. The van der Waals surface area contributed by atoms with Crippen LogP contribution in [0.25, 0.3) is 0 Å². The summed E-state index contributed by atoms with van der Waals surface area (Å²) in [5.74, 6) is -0.00937. The lowest BCUT2D eigenvalue weighted by Crippen LogP contribution is -2.28. The van der Waals surface area contributed by atoms with Gasteiger partial charge in [0.1, 0.15) is 5.82 Å². The molecule has 2 fully saturated rings. The Labute approximate surface area is 120 Å². The van der Waals surface area contributed by atoms with Gasteiger partial charge in [-0.2, -0.15) is 13.2 Å². The molecule has 1 aliphatic carbocycles. The molecule has 1 amide bonds. The number of nitrogens with zero attached hydrogens (tertiary/aromatic N) is 2. The van der Waals surface area contributed by atoms with E-state index in [1.54, 1.807) is 0 Å². The highest BCUT2D eigenvalue weighted by Gasteiger charge is 2.39. The highest BCUT2D eigenvalue weighted by atomic mass is 19.4. The van der Waals surface area contributed by atoms with Crippen LogP contribution in [0.2, 0.25) is 0 Å². The molecule has 1 saturated heterocycles. The van der Waals surface area contributed by atoms with Gasteiger partial charge in [-0.25, -0.2) is 4.98 Å². The molecule has 4 nitrogen and oxygen atoms in total. The van der Waals surface area contributed by atoms with Gasteiger partial charge in [0.2, 0.25) is 5.91 Å². The SMILES string of the molecule is O=C1C[C@@H](CNc2ncccc2C(F)(F)F)CN1C1CC1. The first-order valence-corrected chi connectivity index (χ1v) is 7.00. The van der Waals surface area contributed by atoms with E-state index >= 15 is 0 Å². The second-order valence-corrected chi connectivity index (χ2v) is 5.63. The van der Waals surface area contributed by atoms with E-state index in [0.29, 0.717) is 25.6 Å². The molecule has 1 aliphatic heterocycles. The summed E-state index contributed by atoms with van der Waals surface area (Å²) in [6.07, 6.45) is -0.609. The zero-order chi connectivity index (χ0) is 15.0. The van der Waals surface area contributed by atoms with Crippen molar-refractivity contribution in [3.8, 4) is 0 Å². The highest BCUT2D eigenvalue weighted by molar-refractivity contribution is 5.79. The molecule has 0 aromatic carbocycles. The predicted molar refractivity (Wildman–Crippen MR) is 70.6 cm³/mol. The number of rotatable bonds is 4. The van der Waals surface area contributed by atoms with Gasteiger partial charge in [-0.3, -0.25) is 4.79 Å². The van der Waals surface area contributed by atoms with Gasteiger partial charge >= 0.3 is 6.18 Å². The highest BCUT2D eigenvalue weighted by Crippen LogP contribution is 2.35. The summed E-state index contributed by atoms with van der Waals surface area (Å²) in [7, 11) is 0. The molecular weight excluding hydrogens is 283 g/mol. The van der Waals surface area contributed by atoms with Crippen LogP contribution < -0.4 is 5.32 Å². The Kier molecular flexibility index (Phi) is 3.51. The molecule has 0 unspecified atom stereocenters. The van der Waals surface area contributed by atoms with Gasteiger partial charge in [0.05, 0.1) is 5.56 Å². The Bertz CT molecular complexity index is 543. The van der Waals surface area contributed by atoms with E-state index in [4.69, 9.17) is 0 Å². The summed E-state index contributed by atoms with van der Waals surface area (Å²) in [5.41, 5.74) is -0.770. The summed E-state index contributed by atoms with van der Waals surface area (Å²) in [4.78, 5) is 17.4. The number of alkyl halides is 3. The van der Waals surface area contributed by atoms with Gasteiger partial charge in [0.15, 0.2) is 0 Å². The third-order valence-electron chi connectivity index (χ3n) is 3.90. The fraction of sp³-hybridized carbons (Fsp3) is 0.571. The molecule has 3 rings (SSSR count). The standard InChI is InChI=1S/C14H16F3N3O/c15-14(16,17)11-2-1-5-18-13(11)19-7-9-6-12(21)20(8-9)10-3-4-10/h1-2,5,9-10H,3-4,6-8H2,(H,18,19)/t9-/m0/s1. The largest absolute Gasteiger partial charge is 0.419 e. The molecule has 2 aliphatic rings. The predicted octanol–water partition coefficient (Wildman–Crippen LogP) is 2.52. The maximum Gasteiger partial charge on any atom is 0.419 e. The third kappa shape index (κ3) is 3.11. The number of nitrogens with one attached hydrogen (secondary N) is 1. The van der Waals surface area contributed by atoms with Crippen LogP contribution in [0.15, 0.2) is 18.3 Å². The molecule has 1 atom stereocenters. The summed E-state index contributed by atoms with van der Waals surface area (Å²) in [6, 6.07) is 2.64. The van der Waals surface area contributed by atoms with Crippen molar-refractivity contribution in [2.24, 2.45) is 5.92 Å². The lowest BCUT2D eigenvalue weighted by Gasteiger charge is -2.17. The number of hydrogen-bond donors (Lipinski definition) is 1. The van der Waals surface area contributed by atoms with Crippen LogP contribution >= 0.6 is 0 Å². The van der Waals surface area contributed by atoms with E-state index in [9.17, 15) is 18.0 Å². The van der Waals surface area contributed by atoms with E-state index in [-0.39, 0.29) is 17.6 Å². The summed E-state index contributed by atoms with van der Waals surface area (Å²) in [5, 5.41) is 2.75. The number of likely N-dealkylation sites (tertiary alicyclic amines) is 1. The van der Waals surface area contributed by atoms with Crippen molar-refractivity contribution in [2.75, 3.05) is 18.4 Å². The van der Waals surface area contributed by atoms with Crippen LogP contribution in [0.4, 0.5) is 19.0 Å². The smallest absolute Gasteiger partial charge is 0.369 e. The van der Waals surface area contributed by atoms with E-state index < -0.39 is 11.7 Å². The van der Waals surface area contributed by atoms with E-state index in [1.165, 1.54) is 12.3 Å². The Morgan fingerprint density at radius 1 is 1.38 bits per heavy atom. The minimum atomic E-state index is -4.43. The van der Waals surface area contributed by atoms with Crippen LogP contribution in [0.5, 0.6) is 0 Å². The van der Waals surface area contributed by atoms with Gasteiger partial charge in [0.25, 0.3) is 0 Å². The molecule has 1 aromatic rings. The summed E-state index contributed by atoms with van der Waals surface area (Å²) >= 11 is 0. The Morgan fingerprint density at radius 3 is 2.81 bits per heavy atom. The molecule has 114 valence electrons. The number of aromatic nitrogens is 1. The lowest BCUT2D eigenvalue weighted by atomic mass is 10.1. The van der Waals surface area contributed by atoms with Crippen molar-refractivity contribution in [3.05, 3.63) is 23.9 Å². The van der Waals surface area contributed by atoms with E-state index in [1.807, 2.05) is 4.90 Å². The monoisotopic (exact) mass is 299 g/mol. The number of halogens is 3. The van der Waals surface area contributed by atoms with Crippen molar-refractivity contribution < 1.29 is 18.0 Å². The zero-order valence-electron chi connectivity index (χ0n) is 11.4. The minimum Gasteiger partial charge on any atom is -0.369 e. The quantitative estimate of drug-likeness (QED) is 0.929. The third-order valence-corrected chi connectivity index (χ3v) is 3.90. The average molecular weight is 299 g/mol. The second-order valence-electron chi connectivity index (χ2n) is 5.63. The fourth-order valence-corrected chi connectivity index (χ4v) is 2.70. The molecule has 2 heterocycles. The molecule has 1 saturated carbocycles. The number of carbonyl (C=O) groups is 1. The number of anilines is 1. The Hall–Kier alpha value is -1.79. The van der Waals surface area contributed by atoms with Crippen LogP contribution in [0.3, 0.4) is 0 Å². The van der Waals surface area contributed by atoms with Crippen LogP contribution in [-0.2, 0) is 11.0 Å². The molecule has 21 heavy (non-hydrogen) atoms. The Balaban J connectivity index is 1.62. The van der Waals surface area contributed by atoms with Gasteiger partial charge < -0.3 is 10.2 Å². The van der Waals surface area contributed by atoms with Crippen LogP contribution in [0.1, 0.15) is 24.8 Å². The molecule has 1 N–H and O–H groups in total. The summed E-state index contributed by atoms with van der Waals surface area (Å²) < 4.78 is 38.5. The van der Waals surface area contributed by atoms with Gasteiger partial charge in [-0.15, -0.1) is 0 Å². The maximum atomic E-state index is 12.8. The maximum absolute atomic E-state index is 12.8. The Morgan fingerprint density at radius 2 is 2.14 bits per heavy atom. The second kappa shape index (κ2) is 5.20. The number of amides is 1. The van der Waals surface area contributed by atoms with Crippen molar-refractivity contribution in [1.29, 1.82) is 0 Å². The van der Waals surface area contributed by atoms with Crippen LogP contribution in [-0.4, -0.2) is 34.9 Å². The first kappa shape index (κ1) is 14.2. The zero-order valence-corrected chi connectivity index (χ0v) is 11.4. The van der Waals surface area contributed by atoms with Crippen LogP contribution in [0, 0.1) is 5.92 Å². The molecule has 0 spiro atoms.